The van der Waals surface area contributed by atoms with Crippen LogP contribution in [0.1, 0.15) is 39.9 Å². The summed E-state index contributed by atoms with van der Waals surface area (Å²) in [4.78, 5) is 17.2. The summed E-state index contributed by atoms with van der Waals surface area (Å²) in [6.07, 6.45) is 3.44. The van der Waals surface area contributed by atoms with Crippen molar-refractivity contribution in [1.29, 1.82) is 0 Å². The van der Waals surface area contributed by atoms with Crippen LogP contribution in [0.25, 0.3) is 0 Å². The Labute approximate surface area is 129 Å². The van der Waals surface area contributed by atoms with Gasteiger partial charge in [0.25, 0.3) is 5.91 Å². The lowest BCUT2D eigenvalue weighted by Crippen LogP contribution is -2.48. The molecule has 0 aliphatic carbocycles. The van der Waals surface area contributed by atoms with Gasteiger partial charge in [-0.3, -0.25) is 4.79 Å². The zero-order valence-corrected chi connectivity index (χ0v) is 13.6. The topological polar surface area (TPSA) is 32.3 Å². The molecule has 0 saturated carbocycles. The molecule has 2 aliphatic heterocycles. The van der Waals surface area contributed by atoms with E-state index in [4.69, 9.17) is 0 Å². The molecule has 110 valence electrons. The second kappa shape index (κ2) is 6.50. The third-order valence-corrected chi connectivity index (χ3v) is 6.38. The van der Waals surface area contributed by atoms with Crippen molar-refractivity contribution in [2.45, 2.75) is 38.0 Å². The Morgan fingerprint density at radius 1 is 1.55 bits per heavy atom. The van der Waals surface area contributed by atoms with Gasteiger partial charge >= 0.3 is 0 Å². The molecule has 1 atom stereocenters. The van der Waals surface area contributed by atoms with E-state index in [2.05, 4.69) is 23.2 Å². The van der Waals surface area contributed by atoms with Gasteiger partial charge in [-0.1, -0.05) is 0 Å². The Morgan fingerprint density at radius 3 is 3.15 bits per heavy atom. The van der Waals surface area contributed by atoms with Crippen LogP contribution in [-0.2, 0) is 12.2 Å². The molecule has 1 fully saturated rings. The number of rotatable bonds is 3. The van der Waals surface area contributed by atoms with Crippen molar-refractivity contribution in [1.82, 2.24) is 10.2 Å². The van der Waals surface area contributed by atoms with E-state index in [0.29, 0.717) is 6.04 Å². The zero-order valence-electron chi connectivity index (χ0n) is 12.0. The fourth-order valence-electron chi connectivity index (χ4n) is 3.06. The largest absolute Gasteiger partial charge is 0.334 e. The van der Waals surface area contributed by atoms with Crippen LogP contribution in [0.5, 0.6) is 0 Å². The highest BCUT2D eigenvalue weighted by Crippen LogP contribution is 2.32. The van der Waals surface area contributed by atoms with Gasteiger partial charge in [0.1, 0.15) is 0 Å². The lowest BCUT2D eigenvalue weighted by molar-refractivity contribution is 0.0667. The molecular weight excluding hydrogens is 288 g/mol. The van der Waals surface area contributed by atoms with Gasteiger partial charge in [-0.05, 0) is 50.1 Å². The number of thioether (sulfide) groups is 1. The number of nitrogens with one attached hydrogen (secondary N) is 1. The van der Waals surface area contributed by atoms with Gasteiger partial charge in [0.05, 0.1) is 4.88 Å². The molecule has 2 aliphatic rings. The first-order valence-electron chi connectivity index (χ1n) is 7.50. The van der Waals surface area contributed by atoms with Crippen LogP contribution in [0.15, 0.2) is 6.07 Å². The van der Waals surface area contributed by atoms with Crippen molar-refractivity contribution < 1.29 is 4.79 Å². The fourth-order valence-corrected chi connectivity index (χ4v) is 5.39. The Balaban J connectivity index is 1.77. The first-order chi connectivity index (χ1) is 9.79. The lowest BCUT2D eigenvalue weighted by atomic mass is 10.1. The molecule has 1 amide bonds. The quantitative estimate of drug-likeness (QED) is 0.932. The molecule has 1 unspecified atom stereocenters. The second-order valence-corrected chi connectivity index (χ2v) is 7.69. The third-order valence-electron chi connectivity index (χ3n) is 4.15. The number of thiophene rings is 1. The molecule has 1 aromatic rings. The molecular formula is C15H22N2OS2. The number of hydrogen-bond donors (Lipinski definition) is 1. The van der Waals surface area contributed by atoms with Gasteiger partial charge in [0.15, 0.2) is 0 Å². The maximum atomic E-state index is 12.8. The van der Waals surface area contributed by atoms with E-state index in [0.717, 1.165) is 43.1 Å². The predicted molar refractivity (Wildman–Crippen MR) is 86.8 cm³/mol. The van der Waals surface area contributed by atoms with E-state index in [1.807, 2.05) is 11.8 Å². The number of aryl methyl sites for hydroxylation is 1. The van der Waals surface area contributed by atoms with Crippen LogP contribution in [0.2, 0.25) is 0 Å². The van der Waals surface area contributed by atoms with Crippen LogP contribution in [-0.4, -0.2) is 42.2 Å². The number of fused-ring (bicyclic) bond motifs is 1. The maximum absolute atomic E-state index is 12.8. The van der Waals surface area contributed by atoms with Crippen molar-refractivity contribution in [3.05, 3.63) is 21.4 Å². The molecule has 0 bridgehead atoms. The van der Waals surface area contributed by atoms with Gasteiger partial charge in [0.2, 0.25) is 0 Å². The van der Waals surface area contributed by atoms with Crippen molar-refractivity contribution >= 4 is 29.0 Å². The van der Waals surface area contributed by atoms with E-state index in [1.165, 1.54) is 22.6 Å². The van der Waals surface area contributed by atoms with Gasteiger partial charge in [-0.2, -0.15) is 11.8 Å². The fraction of sp³-hybridized carbons (Fsp3) is 0.667. The first kappa shape index (κ1) is 14.4. The summed E-state index contributed by atoms with van der Waals surface area (Å²) in [5.74, 6) is 2.52. The number of carbonyl (C=O) groups excluding carboxylic acids is 1. The summed E-state index contributed by atoms with van der Waals surface area (Å²) in [7, 11) is 0. The Bertz CT molecular complexity index is 457. The normalized spacial score (nSPS) is 22.4. The standard InChI is InChI=1S/C15H22N2OS2/c1-2-17(12-4-3-6-16-9-12)15(18)14-8-11-10-19-7-5-13(11)20-14/h8,12,16H,2-7,9-10H2,1H3. The number of hydrogen-bond acceptors (Lipinski definition) is 4. The highest BCUT2D eigenvalue weighted by molar-refractivity contribution is 7.98. The van der Waals surface area contributed by atoms with Crippen molar-refractivity contribution in [3.8, 4) is 0 Å². The van der Waals surface area contributed by atoms with Crippen LogP contribution in [0.3, 0.4) is 0 Å². The average Bonchev–Trinajstić information content (AvgIpc) is 2.93. The summed E-state index contributed by atoms with van der Waals surface area (Å²) >= 11 is 3.70. The summed E-state index contributed by atoms with van der Waals surface area (Å²) in [6, 6.07) is 2.52. The molecule has 3 heterocycles. The third kappa shape index (κ3) is 2.90. The van der Waals surface area contributed by atoms with Crippen molar-refractivity contribution in [2.75, 3.05) is 25.4 Å². The van der Waals surface area contributed by atoms with Crippen LogP contribution in [0, 0.1) is 0 Å². The maximum Gasteiger partial charge on any atom is 0.264 e. The molecule has 1 N–H and O–H groups in total. The molecule has 0 radical (unpaired) electrons. The van der Waals surface area contributed by atoms with E-state index in [9.17, 15) is 4.79 Å². The molecule has 20 heavy (non-hydrogen) atoms. The minimum absolute atomic E-state index is 0.241. The molecule has 0 aromatic carbocycles. The molecule has 1 saturated heterocycles. The monoisotopic (exact) mass is 310 g/mol. The highest BCUT2D eigenvalue weighted by atomic mass is 32.2. The average molecular weight is 310 g/mol. The Morgan fingerprint density at radius 2 is 2.45 bits per heavy atom. The molecule has 0 spiro atoms. The summed E-state index contributed by atoms with van der Waals surface area (Å²) in [5, 5.41) is 3.41. The number of amides is 1. The van der Waals surface area contributed by atoms with Crippen molar-refractivity contribution in [2.24, 2.45) is 0 Å². The van der Waals surface area contributed by atoms with Gasteiger partial charge < -0.3 is 10.2 Å². The van der Waals surface area contributed by atoms with Gasteiger partial charge in [0, 0.05) is 29.8 Å². The Kier molecular flexibility index (Phi) is 4.68. The minimum atomic E-state index is 0.241. The SMILES string of the molecule is CCN(C(=O)c1cc2c(s1)CCSC2)C1CCCNC1. The number of nitrogens with zero attached hydrogens (tertiary/aromatic N) is 1. The first-order valence-corrected chi connectivity index (χ1v) is 9.47. The minimum Gasteiger partial charge on any atom is -0.334 e. The van der Waals surface area contributed by atoms with Gasteiger partial charge in [-0.15, -0.1) is 11.3 Å². The molecule has 5 heteroatoms. The number of likely N-dealkylation sites (N-methyl/N-ethyl adjacent to an activating group) is 1. The van der Waals surface area contributed by atoms with Crippen LogP contribution >= 0.6 is 23.1 Å². The van der Waals surface area contributed by atoms with E-state index >= 15 is 0 Å². The number of piperidine rings is 1. The second-order valence-electron chi connectivity index (χ2n) is 5.45. The molecule has 1 aromatic heterocycles. The van der Waals surface area contributed by atoms with E-state index < -0.39 is 0 Å². The van der Waals surface area contributed by atoms with Crippen molar-refractivity contribution in [3.63, 3.8) is 0 Å². The smallest absolute Gasteiger partial charge is 0.264 e. The molecule has 3 rings (SSSR count). The Hall–Kier alpha value is -0.520. The summed E-state index contributed by atoms with van der Waals surface area (Å²) in [6.45, 7) is 4.94. The molecule has 3 nitrogen and oxygen atoms in total. The zero-order chi connectivity index (χ0) is 13.9. The number of carbonyl (C=O) groups is 1. The summed E-state index contributed by atoms with van der Waals surface area (Å²) in [5.41, 5.74) is 1.40. The summed E-state index contributed by atoms with van der Waals surface area (Å²) < 4.78 is 0. The van der Waals surface area contributed by atoms with Gasteiger partial charge in [-0.25, -0.2) is 0 Å². The highest BCUT2D eigenvalue weighted by Gasteiger charge is 2.27. The van der Waals surface area contributed by atoms with E-state index in [-0.39, 0.29) is 5.91 Å². The lowest BCUT2D eigenvalue weighted by Gasteiger charge is -2.33. The van der Waals surface area contributed by atoms with Crippen LogP contribution in [0.4, 0.5) is 0 Å². The van der Waals surface area contributed by atoms with Crippen LogP contribution < -0.4 is 5.32 Å². The predicted octanol–water partition coefficient (Wildman–Crippen LogP) is 2.75. The van der Waals surface area contributed by atoms with E-state index in [1.54, 1.807) is 11.3 Å².